The lowest BCUT2D eigenvalue weighted by atomic mass is 10.0. The number of likely N-dealkylation sites (tertiary alicyclic amines) is 1. The van der Waals surface area contributed by atoms with Crippen molar-refractivity contribution >= 4 is 17.8 Å². The number of nitrogens with zero attached hydrogens (tertiary/aromatic N) is 1. The number of hydrogen-bond donors (Lipinski definition) is 1. The molecule has 1 aliphatic heterocycles. The van der Waals surface area contributed by atoms with Gasteiger partial charge in [-0.25, -0.2) is 0 Å². The van der Waals surface area contributed by atoms with Crippen molar-refractivity contribution < 1.29 is 23.5 Å². The van der Waals surface area contributed by atoms with E-state index in [2.05, 4.69) is 12.2 Å². The third kappa shape index (κ3) is 4.61. The topological polar surface area (TPSA) is 88.9 Å². The highest BCUT2D eigenvalue weighted by Crippen LogP contribution is 2.15. The molecule has 0 spiro atoms. The molecule has 1 aromatic heterocycles. The number of furan rings is 1. The van der Waals surface area contributed by atoms with Gasteiger partial charge in [-0.1, -0.05) is 6.92 Å². The second-order valence-electron chi connectivity index (χ2n) is 5.41. The van der Waals surface area contributed by atoms with Gasteiger partial charge in [-0.15, -0.1) is 0 Å². The van der Waals surface area contributed by atoms with Crippen LogP contribution >= 0.6 is 0 Å². The lowest BCUT2D eigenvalue weighted by Gasteiger charge is -2.30. The highest BCUT2D eigenvalue weighted by molar-refractivity contribution is 5.93. The standard InChI is InChI=1S/C15H20N2O5/c1-11-4-2-6-17(9-11)13(18)10-22-14(19)8-16-15(20)12-5-3-7-21-12/h3,5,7,11H,2,4,6,8-10H2,1H3,(H,16,20). The summed E-state index contributed by atoms with van der Waals surface area (Å²) >= 11 is 0. The number of ether oxygens (including phenoxy) is 1. The first kappa shape index (κ1) is 16.1. The normalized spacial score (nSPS) is 17.9. The van der Waals surface area contributed by atoms with Crippen LogP contribution in [0.15, 0.2) is 22.8 Å². The molecule has 1 fully saturated rings. The Morgan fingerprint density at radius 3 is 2.95 bits per heavy atom. The second-order valence-corrected chi connectivity index (χ2v) is 5.41. The van der Waals surface area contributed by atoms with E-state index in [9.17, 15) is 14.4 Å². The van der Waals surface area contributed by atoms with Crippen molar-refractivity contribution in [3.05, 3.63) is 24.2 Å². The van der Waals surface area contributed by atoms with Crippen LogP contribution in [-0.4, -0.2) is 48.9 Å². The molecule has 1 unspecified atom stereocenters. The Labute approximate surface area is 128 Å². The predicted octanol–water partition coefficient (Wildman–Crippen LogP) is 0.811. The van der Waals surface area contributed by atoms with Crippen molar-refractivity contribution in [1.29, 1.82) is 0 Å². The molecule has 22 heavy (non-hydrogen) atoms. The van der Waals surface area contributed by atoms with Crippen LogP contribution in [-0.2, 0) is 14.3 Å². The number of piperidine rings is 1. The molecule has 2 rings (SSSR count). The van der Waals surface area contributed by atoms with E-state index < -0.39 is 11.9 Å². The molecule has 1 aromatic rings. The van der Waals surface area contributed by atoms with Gasteiger partial charge in [0.15, 0.2) is 12.4 Å². The van der Waals surface area contributed by atoms with Gasteiger partial charge in [0.2, 0.25) is 0 Å². The van der Waals surface area contributed by atoms with Crippen LogP contribution in [0.4, 0.5) is 0 Å². The predicted molar refractivity (Wildman–Crippen MR) is 77.0 cm³/mol. The van der Waals surface area contributed by atoms with Gasteiger partial charge in [0, 0.05) is 13.1 Å². The van der Waals surface area contributed by atoms with Crippen LogP contribution in [0.1, 0.15) is 30.3 Å². The Morgan fingerprint density at radius 1 is 1.45 bits per heavy atom. The van der Waals surface area contributed by atoms with E-state index in [1.807, 2.05) is 0 Å². The Balaban J connectivity index is 1.67. The van der Waals surface area contributed by atoms with Gasteiger partial charge in [-0.05, 0) is 30.9 Å². The van der Waals surface area contributed by atoms with Crippen molar-refractivity contribution in [3.63, 3.8) is 0 Å². The van der Waals surface area contributed by atoms with Crippen LogP contribution in [0.25, 0.3) is 0 Å². The summed E-state index contributed by atoms with van der Waals surface area (Å²) in [6, 6.07) is 3.06. The van der Waals surface area contributed by atoms with Gasteiger partial charge in [-0.2, -0.15) is 0 Å². The fraction of sp³-hybridized carbons (Fsp3) is 0.533. The Morgan fingerprint density at radius 2 is 2.27 bits per heavy atom. The lowest BCUT2D eigenvalue weighted by Crippen LogP contribution is -2.42. The average Bonchev–Trinajstić information content (AvgIpc) is 3.04. The summed E-state index contributed by atoms with van der Waals surface area (Å²) in [5.74, 6) is -0.763. The first-order valence-electron chi connectivity index (χ1n) is 7.31. The van der Waals surface area contributed by atoms with E-state index in [0.717, 1.165) is 12.8 Å². The molecule has 120 valence electrons. The van der Waals surface area contributed by atoms with Crippen LogP contribution < -0.4 is 5.32 Å². The minimum Gasteiger partial charge on any atom is -0.459 e. The molecule has 2 heterocycles. The smallest absolute Gasteiger partial charge is 0.325 e. The third-order valence-electron chi connectivity index (χ3n) is 3.50. The van der Waals surface area contributed by atoms with Crippen molar-refractivity contribution in [1.82, 2.24) is 10.2 Å². The van der Waals surface area contributed by atoms with Crippen molar-refractivity contribution in [2.75, 3.05) is 26.2 Å². The first-order chi connectivity index (χ1) is 10.6. The minimum atomic E-state index is -0.654. The molecular weight excluding hydrogens is 288 g/mol. The fourth-order valence-electron chi connectivity index (χ4n) is 2.35. The van der Waals surface area contributed by atoms with Crippen LogP contribution in [0.2, 0.25) is 0 Å². The minimum absolute atomic E-state index is 0.117. The number of esters is 1. The van der Waals surface area contributed by atoms with Gasteiger partial charge in [0.05, 0.1) is 6.26 Å². The molecule has 7 nitrogen and oxygen atoms in total. The maximum absolute atomic E-state index is 11.9. The molecule has 0 radical (unpaired) electrons. The summed E-state index contributed by atoms with van der Waals surface area (Å²) in [6.45, 7) is 2.91. The molecule has 1 atom stereocenters. The lowest BCUT2D eigenvalue weighted by molar-refractivity contribution is -0.151. The SMILES string of the molecule is CC1CCCN(C(=O)COC(=O)CNC(=O)c2ccco2)C1. The molecule has 7 heteroatoms. The van der Waals surface area contributed by atoms with E-state index in [0.29, 0.717) is 19.0 Å². The second kappa shape index (κ2) is 7.63. The summed E-state index contributed by atoms with van der Waals surface area (Å²) in [7, 11) is 0. The van der Waals surface area contributed by atoms with Crippen molar-refractivity contribution in [2.45, 2.75) is 19.8 Å². The van der Waals surface area contributed by atoms with Gasteiger partial charge in [-0.3, -0.25) is 14.4 Å². The van der Waals surface area contributed by atoms with Crippen molar-refractivity contribution in [3.8, 4) is 0 Å². The number of hydrogen-bond acceptors (Lipinski definition) is 5. The number of carbonyl (C=O) groups is 3. The van der Waals surface area contributed by atoms with Gasteiger partial charge in [0.25, 0.3) is 11.8 Å². The number of carbonyl (C=O) groups excluding carboxylic acids is 3. The summed E-state index contributed by atoms with van der Waals surface area (Å²) in [6.07, 6.45) is 3.45. The summed E-state index contributed by atoms with van der Waals surface area (Å²) in [5.41, 5.74) is 0. The maximum atomic E-state index is 11.9. The highest BCUT2D eigenvalue weighted by Gasteiger charge is 2.21. The Kier molecular flexibility index (Phi) is 5.57. The molecule has 1 saturated heterocycles. The molecule has 2 amide bonds. The first-order valence-corrected chi connectivity index (χ1v) is 7.31. The van der Waals surface area contributed by atoms with Gasteiger partial charge >= 0.3 is 5.97 Å². The maximum Gasteiger partial charge on any atom is 0.325 e. The molecule has 1 N–H and O–H groups in total. The highest BCUT2D eigenvalue weighted by atomic mass is 16.5. The molecule has 0 aliphatic carbocycles. The Bertz CT molecular complexity index is 526. The molecule has 1 aliphatic rings. The average molecular weight is 308 g/mol. The van der Waals surface area contributed by atoms with Crippen LogP contribution in [0, 0.1) is 5.92 Å². The van der Waals surface area contributed by atoms with E-state index in [4.69, 9.17) is 9.15 Å². The van der Waals surface area contributed by atoms with Crippen LogP contribution in [0.5, 0.6) is 0 Å². The molecule has 0 aromatic carbocycles. The number of amides is 2. The zero-order valence-corrected chi connectivity index (χ0v) is 12.5. The molecule has 0 bridgehead atoms. The summed E-state index contributed by atoms with van der Waals surface area (Å²) in [4.78, 5) is 36.7. The fourth-order valence-corrected chi connectivity index (χ4v) is 2.35. The third-order valence-corrected chi connectivity index (χ3v) is 3.50. The van der Waals surface area contributed by atoms with Crippen molar-refractivity contribution in [2.24, 2.45) is 5.92 Å². The van der Waals surface area contributed by atoms with Gasteiger partial charge in [0.1, 0.15) is 6.54 Å². The zero-order chi connectivity index (χ0) is 15.9. The van der Waals surface area contributed by atoms with Gasteiger partial charge < -0.3 is 19.4 Å². The number of rotatable bonds is 5. The summed E-state index contributed by atoms with van der Waals surface area (Å²) < 4.78 is 9.77. The van der Waals surface area contributed by atoms with E-state index in [1.54, 1.807) is 11.0 Å². The van der Waals surface area contributed by atoms with E-state index in [1.165, 1.54) is 12.3 Å². The monoisotopic (exact) mass is 308 g/mol. The molecular formula is C15H20N2O5. The van der Waals surface area contributed by atoms with Crippen LogP contribution in [0.3, 0.4) is 0 Å². The Hall–Kier alpha value is -2.31. The quantitative estimate of drug-likeness (QED) is 0.813. The van der Waals surface area contributed by atoms with E-state index >= 15 is 0 Å². The molecule has 0 saturated carbocycles. The van der Waals surface area contributed by atoms with E-state index in [-0.39, 0.29) is 24.8 Å². The zero-order valence-electron chi connectivity index (χ0n) is 12.5. The largest absolute Gasteiger partial charge is 0.459 e. The number of nitrogens with one attached hydrogen (secondary N) is 1. The summed E-state index contributed by atoms with van der Waals surface area (Å²) in [5, 5.41) is 2.36.